The lowest BCUT2D eigenvalue weighted by Crippen LogP contribution is -2.48. The summed E-state index contributed by atoms with van der Waals surface area (Å²) in [5.74, 6) is 1.80. The second-order valence-electron chi connectivity index (χ2n) is 9.95. The number of anilines is 1. The Morgan fingerprint density at radius 2 is 1.73 bits per heavy atom. The van der Waals surface area contributed by atoms with Crippen molar-refractivity contribution in [3.05, 3.63) is 77.7 Å². The first-order valence-electron chi connectivity index (χ1n) is 13.9. The van der Waals surface area contributed by atoms with Crippen LogP contribution in [0.1, 0.15) is 16.9 Å². The Balaban J connectivity index is 1.48. The van der Waals surface area contributed by atoms with Gasteiger partial charge >= 0.3 is 6.03 Å². The molecule has 1 saturated heterocycles. The number of nitrogens with one attached hydrogen (secondary N) is 1. The molecule has 10 heteroatoms. The normalized spacial score (nSPS) is 13.4. The van der Waals surface area contributed by atoms with Crippen molar-refractivity contribution in [3.8, 4) is 11.5 Å². The molecule has 0 aliphatic carbocycles. The Hall–Kier alpha value is -4.02. The highest BCUT2D eigenvalue weighted by Gasteiger charge is 2.24. The summed E-state index contributed by atoms with van der Waals surface area (Å²) in [6.07, 6.45) is 2.19. The van der Waals surface area contributed by atoms with Gasteiger partial charge in [0.15, 0.2) is 11.5 Å². The lowest BCUT2D eigenvalue weighted by Gasteiger charge is -2.31. The lowest BCUT2D eigenvalue weighted by atomic mass is 10.1. The highest BCUT2D eigenvalue weighted by molar-refractivity contribution is 5.93. The molecule has 4 rings (SSSR count). The molecule has 1 aromatic heterocycles. The maximum atomic E-state index is 13.8. The number of furan rings is 1. The van der Waals surface area contributed by atoms with E-state index < -0.39 is 0 Å². The number of nitrogens with zero attached hydrogens (tertiary/aromatic N) is 3. The van der Waals surface area contributed by atoms with Crippen LogP contribution in [0.5, 0.6) is 11.5 Å². The number of hydrogen-bond acceptors (Lipinski definition) is 7. The molecule has 1 N–H and O–H groups in total. The van der Waals surface area contributed by atoms with E-state index in [9.17, 15) is 9.59 Å². The highest BCUT2D eigenvalue weighted by atomic mass is 16.5. The van der Waals surface area contributed by atoms with Crippen LogP contribution < -0.4 is 14.8 Å². The molecule has 220 valence electrons. The number of rotatable bonds is 13. The van der Waals surface area contributed by atoms with Crippen LogP contribution in [0, 0.1) is 6.92 Å². The Morgan fingerprint density at radius 1 is 0.951 bits per heavy atom. The van der Waals surface area contributed by atoms with Crippen LogP contribution in [0.2, 0.25) is 0 Å². The van der Waals surface area contributed by atoms with Crippen molar-refractivity contribution in [2.45, 2.75) is 19.9 Å². The number of amides is 3. The summed E-state index contributed by atoms with van der Waals surface area (Å²) >= 11 is 0. The smallest absolute Gasteiger partial charge is 0.322 e. The number of morpholine rings is 1. The van der Waals surface area contributed by atoms with Crippen molar-refractivity contribution in [1.82, 2.24) is 14.7 Å². The van der Waals surface area contributed by atoms with E-state index in [1.54, 1.807) is 36.3 Å². The summed E-state index contributed by atoms with van der Waals surface area (Å²) in [6, 6.07) is 16.7. The third-order valence-corrected chi connectivity index (χ3v) is 7.19. The molecule has 1 fully saturated rings. The van der Waals surface area contributed by atoms with Crippen LogP contribution in [-0.4, -0.2) is 93.3 Å². The van der Waals surface area contributed by atoms with Gasteiger partial charge in [-0.25, -0.2) is 4.79 Å². The van der Waals surface area contributed by atoms with Gasteiger partial charge in [-0.15, -0.1) is 0 Å². The third-order valence-electron chi connectivity index (χ3n) is 7.19. The average Bonchev–Trinajstić information content (AvgIpc) is 3.52. The predicted molar refractivity (Wildman–Crippen MR) is 156 cm³/mol. The van der Waals surface area contributed by atoms with Gasteiger partial charge in [-0.3, -0.25) is 9.69 Å². The fourth-order valence-corrected chi connectivity index (χ4v) is 4.69. The molecule has 0 unspecified atom stereocenters. The number of carbonyl (C=O) groups is 2. The van der Waals surface area contributed by atoms with Crippen molar-refractivity contribution in [3.63, 3.8) is 0 Å². The molecule has 0 bridgehead atoms. The largest absolute Gasteiger partial charge is 0.493 e. The van der Waals surface area contributed by atoms with Gasteiger partial charge in [0.25, 0.3) is 0 Å². The fourth-order valence-electron chi connectivity index (χ4n) is 4.69. The van der Waals surface area contributed by atoms with Crippen molar-refractivity contribution in [1.29, 1.82) is 0 Å². The third kappa shape index (κ3) is 8.73. The minimum absolute atomic E-state index is 0.0608. The Labute approximate surface area is 241 Å². The van der Waals surface area contributed by atoms with Gasteiger partial charge in [0.1, 0.15) is 12.3 Å². The average molecular weight is 565 g/mol. The van der Waals surface area contributed by atoms with Gasteiger partial charge in [0, 0.05) is 38.4 Å². The van der Waals surface area contributed by atoms with Gasteiger partial charge < -0.3 is 33.7 Å². The molecular weight excluding hydrogens is 524 g/mol. The van der Waals surface area contributed by atoms with Crippen LogP contribution >= 0.6 is 0 Å². The first kappa shape index (κ1) is 30.0. The van der Waals surface area contributed by atoms with Gasteiger partial charge in [0.05, 0.1) is 40.2 Å². The van der Waals surface area contributed by atoms with Crippen LogP contribution in [0.4, 0.5) is 10.5 Å². The maximum absolute atomic E-state index is 13.8. The van der Waals surface area contributed by atoms with Gasteiger partial charge in [-0.2, -0.15) is 0 Å². The van der Waals surface area contributed by atoms with Crippen molar-refractivity contribution in [2.75, 3.05) is 72.0 Å². The van der Waals surface area contributed by atoms with Crippen LogP contribution in [-0.2, 0) is 22.5 Å². The van der Waals surface area contributed by atoms with Crippen molar-refractivity contribution < 1.29 is 28.2 Å². The molecule has 41 heavy (non-hydrogen) atoms. The van der Waals surface area contributed by atoms with Crippen LogP contribution in [0.15, 0.2) is 65.3 Å². The second kappa shape index (κ2) is 15.1. The Morgan fingerprint density at radius 3 is 2.44 bits per heavy atom. The van der Waals surface area contributed by atoms with Crippen LogP contribution in [0.25, 0.3) is 0 Å². The molecule has 2 heterocycles. The van der Waals surface area contributed by atoms with E-state index in [4.69, 9.17) is 18.6 Å². The van der Waals surface area contributed by atoms with Crippen molar-refractivity contribution in [2.24, 2.45) is 0 Å². The zero-order valence-electron chi connectivity index (χ0n) is 24.1. The zero-order valence-corrected chi connectivity index (χ0v) is 24.1. The Bertz CT molecular complexity index is 1260. The second-order valence-corrected chi connectivity index (χ2v) is 9.95. The van der Waals surface area contributed by atoms with Crippen molar-refractivity contribution >= 4 is 17.6 Å². The molecule has 1 aliphatic heterocycles. The number of carbonyl (C=O) groups excluding carboxylic acids is 2. The molecule has 0 spiro atoms. The molecule has 0 atom stereocenters. The molecule has 2 aromatic carbocycles. The SMILES string of the molecule is COc1ccc(CCN(Cc2ccco2)C(=O)CN(CCN2CCOCC2)C(=O)Nc2ccccc2C)cc1OC. The number of benzene rings is 2. The molecule has 3 amide bonds. The van der Waals surface area contributed by atoms with E-state index in [0.717, 1.165) is 29.9 Å². The molecular formula is C31H40N4O6. The summed E-state index contributed by atoms with van der Waals surface area (Å²) in [4.78, 5) is 32.8. The van der Waals surface area contributed by atoms with Gasteiger partial charge in [-0.05, 0) is 54.8 Å². The summed E-state index contributed by atoms with van der Waals surface area (Å²) in [7, 11) is 3.20. The summed E-state index contributed by atoms with van der Waals surface area (Å²) in [5, 5.41) is 3.00. The molecule has 1 aliphatic rings. The zero-order chi connectivity index (χ0) is 29.0. The topological polar surface area (TPSA) is 96.7 Å². The predicted octanol–water partition coefficient (Wildman–Crippen LogP) is 4.04. The first-order valence-corrected chi connectivity index (χ1v) is 13.9. The number of aryl methyl sites for hydroxylation is 1. The monoisotopic (exact) mass is 564 g/mol. The Kier molecular flexibility index (Phi) is 11.0. The number of ether oxygens (including phenoxy) is 3. The van der Waals surface area contributed by atoms with E-state index in [2.05, 4.69) is 10.2 Å². The molecule has 0 radical (unpaired) electrons. The van der Waals surface area contributed by atoms with E-state index in [-0.39, 0.29) is 18.5 Å². The molecule has 0 saturated carbocycles. The number of para-hydroxylation sites is 1. The van der Waals surface area contributed by atoms with E-state index in [0.29, 0.717) is 63.1 Å². The fraction of sp³-hybridized carbons (Fsp3) is 0.419. The first-order chi connectivity index (χ1) is 20.0. The number of methoxy groups -OCH3 is 2. The summed E-state index contributed by atoms with van der Waals surface area (Å²) in [6.45, 7) is 6.63. The van der Waals surface area contributed by atoms with E-state index >= 15 is 0 Å². The molecule has 3 aromatic rings. The molecule has 10 nitrogen and oxygen atoms in total. The van der Waals surface area contributed by atoms with Crippen LogP contribution in [0.3, 0.4) is 0 Å². The van der Waals surface area contributed by atoms with E-state index in [1.807, 2.05) is 55.5 Å². The van der Waals surface area contributed by atoms with Gasteiger partial charge in [0.2, 0.25) is 5.91 Å². The lowest BCUT2D eigenvalue weighted by molar-refractivity contribution is -0.132. The number of hydrogen-bond donors (Lipinski definition) is 1. The standard InChI is InChI=1S/C31H40N4O6/c1-24-7-4-5-9-27(24)32-31(37)35(15-14-33-16-19-40-20-17-33)23-30(36)34(22-26-8-6-18-41-26)13-12-25-10-11-28(38-2)29(21-25)39-3/h4-11,18,21H,12-17,19-20,22-23H2,1-3H3,(H,32,37). The number of urea groups is 1. The van der Waals surface area contributed by atoms with Gasteiger partial charge in [-0.1, -0.05) is 24.3 Å². The van der Waals surface area contributed by atoms with E-state index in [1.165, 1.54) is 0 Å². The maximum Gasteiger partial charge on any atom is 0.322 e. The summed E-state index contributed by atoms with van der Waals surface area (Å²) < 4.78 is 21.8. The minimum atomic E-state index is -0.307. The summed E-state index contributed by atoms with van der Waals surface area (Å²) in [5.41, 5.74) is 2.68. The highest BCUT2D eigenvalue weighted by Crippen LogP contribution is 2.28. The minimum Gasteiger partial charge on any atom is -0.493 e. The quantitative estimate of drug-likeness (QED) is 0.335.